The fourth-order valence-corrected chi connectivity index (χ4v) is 4.14. The molecule has 0 bridgehead atoms. The van der Waals surface area contributed by atoms with Crippen LogP contribution in [0, 0.1) is 6.92 Å². The molecule has 0 saturated heterocycles. The molecule has 0 unspecified atom stereocenters. The van der Waals surface area contributed by atoms with Crippen LogP contribution in [0.3, 0.4) is 0 Å². The zero-order valence-corrected chi connectivity index (χ0v) is 14.5. The van der Waals surface area contributed by atoms with Gasteiger partial charge in [-0.25, -0.2) is 4.79 Å². The number of aromatic carboxylic acids is 1. The van der Waals surface area contributed by atoms with Gasteiger partial charge in [0.15, 0.2) is 5.78 Å². The maximum absolute atomic E-state index is 12.0. The van der Waals surface area contributed by atoms with Crippen LogP contribution in [0.5, 0.6) is 0 Å². The van der Waals surface area contributed by atoms with Gasteiger partial charge < -0.3 is 10.4 Å². The SMILES string of the molecule is CCc1c(C)sc(NC(=O)CCC(=O)c2cccs2)c1C(=O)O. The highest BCUT2D eigenvalue weighted by atomic mass is 32.1. The molecule has 0 radical (unpaired) electrons. The van der Waals surface area contributed by atoms with Crippen molar-refractivity contribution in [3.8, 4) is 0 Å². The van der Waals surface area contributed by atoms with E-state index >= 15 is 0 Å². The second-order valence-corrected chi connectivity index (χ2v) is 7.12. The molecule has 7 heteroatoms. The molecule has 2 aromatic heterocycles. The predicted molar refractivity (Wildman–Crippen MR) is 91.9 cm³/mol. The van der Waals surface area contributed by atoms with Crippen molar-refractivity contribution in [3.63, 3.8) is 0 Å². The lowest BCUT2D eigenvalue weighted by molar-refractivity contribution is -0.116. The van der Waals surface area contributed by atoms with Crippen LogP contribution in [0.25, 0.3) is 0 Å². The van der Waals surface area contributed by atoms with Crippen molar-refractivity contribution in [1.82, 2.24) is 0 Å². The Morgan fingerprint density at radius 1 is 1.26 bits per heavy atom. The van der Waals surface area contributed by atoms with Crippen molar-refractivity contribution in [2.75, 3.05) is 5.32 Å². The number of ketones is 1. The van der Waals surface area contributed by atoms with Crippen molar-refractivity contribution in [3.05, 3.63) is 38.4 Å². The van der Waals surface area contributed by atoms with Gasteiger partial charge in [0, 0.05) is 17.7 Å². The Morgan fingerprint density at radius 2 is 2.00 bits per heavy atom. The van der Waals surface area contributed by atoms with E-state index in [1.807, 2.05) is 19.2 Å². The van der Waals surface area contributed by atoms with Gasteiger partial charge in [0.05, 0.1) is 10.4 Å². The molecule has 122 valence electrons. The fraction of sp³-hybridized carbons (Fsp3) is 0.312. The lowest BCUT2D eigenvalue weighted by atomic mass is 10.1. The summed E-state index contributed by atoms with van der Waals surface area (Å²) in [5.41, 5.74) is 0.903. The zero-order valence-electron chi connectivity index (χ0n) is 12.8. The summed E-state index contributed by atoms with van der Waals surface area (Å²) in [6.45, 7) is 3.72. The van der Waals surface area contributed by atoms with E-state index in [0.29, 0.717) is 16.3 Å². The number of hydrogen-bond acceptors (Lipinski definition) is 5. The van der Waals surface area contributed by atoms with Crippen LogP contribution < -0.4 is 5.32 Å². The van der Waals surface area contributed by atoms with Crippen LogP contribution in [-0.4, -0.2) is 22.8 Å². The van der Waals surface area contributed by atoms with Gasteiger partial charge in [-0.1, -0.05) is 13.0 Å². The number of anilines is 1. The topological polar surface area (TPSA) is 83.5 Å². The lowest BCUT2D eigenvalue weighted by Crippen LogP contribution is -2.14. The number of thiophene rings is 2. The first-order valence-corrected chi connectivity index (χ1v) is 8.85. The Bertz CT molecular complexity index is 732. The Labute approximate surface area is 142 Å². The van der Waals surface area contributed by atoms with Crippen molar-refractivity contribution >= 4 is 45.3 Å². The summed E-state index contributed by atoms with van der Waals surface area (Å²) in [6, 6.07) is 3.52. The third-order valence-electron chi connectivity index (χ3n) is 3.40. The van der Waals surface area contributed by atoms with Crippen LogP contribution in [0.1, 0.15) is 50.2 Å². The predicted octanol–water partition coefficient (Wildman–Crippen LogP) is 3.98. The molecule has 2 rings (SSSR count). The smallest absolute Gasteiger partial charge is 0.339 e. The van der Waals surface area contributed by atoms with Crippen molar-refractivity contribution in [1.29, 1.82) is 0 Å². The number of carbonyl (C=O) groups excluding carboxylic acids is 2. The molecule has 5 nitrogen and oxygen atoms in total. The first-order chi connectivity index (χ1) is 10.9. The van der Waals surface area contributed by atoms with Crippen LogP contribution >= 0.6 is 22.7 Å². The zero-order chi connectivity index (χ0) is 17.0. The number of carboxylic acid groups (broad SMARTS) is 1. The van der Waals surface area contributed by atoms with E-state index < -0.39 is 5.97 Å². The third-order valence-corrected chi connectivity index (χ3v) is 5.38. The van der Waals surface area contributed by atoms with Gasteiger partial charge in [0.1, 0.15) is 5.00 Å². The molecule has 0 atom stereocenters. The number of Topliss-reactive ketones (excluding diaryl/α,β-unsaturated/α-hetero) is 1. The van der Waals surface area contributed by atoms with Crippen molar-refractivity contribution in [2.24, 2.45) is 0 Å². The molecule has 2 N–H and O–H groups in total. The van der Waals surface area contributed by atoms with Gasteiger partial charge >= 0.3 is 5.97 Å². The number of rotatable bonds is 7. The molecule has 0 aliphatic heterocycles. The summed E-state index contributed by atoms with van der Waals surface area (Å²) in [5, 5.41) is 14.1. The molecule has 0 saturated carbocycles. The van der Waals surface area contributed by atoms with E-state index in [0.717, 1.165) is 10.4 Å². The number of hydrogen-bond donors (Lipinski definition) is 2. The minimum atomic E-state index is -1.05. The molecule has 0 aromatic carbocycles. The third kappa shape index (κ3) is 4.05. The monoisotopic (exact) mass is 351 g/mol. The average molecular weight is 351 g/mol. The van der Waals surface area contributed by atoms with Crippen LogP contribution in [-0.2, 0) is 11.2 Å². The molecule has 0 spiro atoms. The van der Waals surface area contributed by atoms with E-state index in [2.05, 4.69) is 5.32 Å². The van der Waals surface area contributed by atoms with Crippen molar-refractivity contribution in [2.45, 2.75) is 33.1 Å². The van der Waals surface area contributed by atoms with Gasteiger partial charge in [-0.15, -0.1) is 22.7 Å². The second kappa shape index (κ2) is 7.52. The van der Waals surface area contributed by atoms with E-state index in [9.17, 15) is 19.5 Å². The molecule has 2 aromatic rings. The van der Waals surface area contributed by atoms with E-state index in [1.165, 1.54) is 22.7 Å². The maximum atomic E-state index is 12.0. The molecular formula is C16H17NO4S2. The quantitative estimate of drug-likeness (QED) is 0.739. The van der Waals surface area contributed by atoms with Crippen molar-refractivity contribution < 1.29 is 19.5 Å². The number of nitrogens with one attached hydrogen (secondary N) is 1. The Balaban J connectivity index is 2.03. The Morgan fingerprint density at radius 3 is 2.57 bits per heavy atom. The largest absolute Gasteiger partial charge is 0.478 e. The molecule has 1 amide bonds. The number of amides is 1. The highest BCUT2D eigenvalue weighted by Crippen LogP contribution is 2.33. The summed E-state index contributed by atoms with van der Waals surface area (Å²) >= 11 is 2.60. The molecule has 0 aliphatic rings. The van der Waals surface area contributed by atoms with Gasteiger partial charge in [0.2, 0.25) is 5.91 Å². The molecule has 0 aliphatic carbocycles. The minimum Gasteiger partial charge on any atom is -0.478 e. The first-order valence-electron chi connectivity index (χ1n) is 7.16. The summed E-state index contributed by atoms with van der Waals surface area (Å²) in [4.78, 5) is 36.8. The molecular weight excluding hydrogens is 334 g/mol. The second-order valence-electron chi connectivity index (χ2n) is 4.95. The maximum Gasteiger partial charge on any atom is 0.339 e. The summed E-state index contributed by atoms with van der Waals surface area (Å²) in [6.07, 6.45) is 0.741. The van der Waals surface area contributed by atoms with Gasteiger partial charge in [0.25, 0.3) is 0 Å². The Kier molecular flexibility index (Phi) is 5.68. The van der Waals surface area contributed by atoms with Gasteiger partial charge in [-0.05, 0) is 30.4 Å². The first kappa shape index (κ1) is 17.4. The Hall–Kier alpha value is -1.99. The minimum absolute atomic E-state index is 0.0359. The lowest BCUT2D eigenvalue weighted by Gasteiger charge is -2.04. The van der Waals surface area contributed by atoms with E-state index in [4.69, 9.17) is 0 Å². The molecule has 23 heavy (non-hydrogen) atoms. The fourth-order valence-electron chi connectivity index (χ4n) is 2.30. The number of aryl methyl sites for hydroxylation is 1. The van der Waals surface area contributed by atoms with Crippen LogP contribution in [0.15, 0.2) is 17.5 Å². The highest BCUT2D eigenvalue weighted by molar-refractivity contribution is 7.16. The van der Waals surface area contributed by atoms with Gasteiger partial charge in [-0.2, -0.15) is 0 Å². The van der Waals surface area contributed by atoms with Crippen LogP contribution in [0.4, 0.5) is 5.00 Å². The summed E-state index contributed by atoms with van der Waals surface area (Å²) in [7, 11) is 0. The van der Waals surface area contributed by atoms with Gasteiger partial charge in [-0.3, -0.25) is 9.59 Å². The van der Waals surface area contributed by atoms with E-state index in [1.54, 1.807) is 12.1 Å². The normalized spacial score (nSPS) is 10.5. The number of carbonyl (C=O) groups is 3. The average Bonchev–Trinajstić information content (AvgIpc) is 3.12. The molecule has 2 heterocycles. The van der Waals surface area contributed by atoms with E-state index in [-0.39, 0.29) is 30.1 Å². The van der Waals surface area contributed by atoms with Crippen LogP contribution in [0.2, 0.25) is 0 Å². The summed E-state index contributed by atoms with van der Waals surface area (Å²) in [5.74, 6) is -1.47. The highest BCUT2D eigenvalue weighted by Gasteiger charge is 2.22. The number of carboxylic acids is 1. The summed E-state index contributed by atoms with van der Waals surface area (Å²) < 4.78 is 0. The standard InChI is InChI=1S/C16H17NO4S2/c1-3-10-9(2)23-15(14(10)16(20)21)17-13(19)7-6-11(18)12-5-4-8-22-12/h4-5,8H,3,6-7H2,1-2H3,(H,17,19)(H,20,21). The molecule has 0 fully saturated rings.